The number of rotatable bonds is 10. The van der Waals surface area contributed by atoms with Gasteiger partial charge in [-0.15, -0.1) is 11.8 Å². The van der Waals surface area contributed by atoms with Crippen LogP contribution in [0.5, 0.6) is 11.5 Å². The number of esters is 1. The lowest BCUT2D eigenvalue weighted by atomic mass is 9.97. The Labute approximate surface area is 217 Å². The van der Waals surface area contributed by atoms with Crippen LogP contribution >= 0.6 is 23.4 Å². The van der Waals surface area contributed by atoms with Crippen molar-refractivity contribution in [2.24, 2.45) is 0 Å². The molecule has 0 aliphatic rings. The van der Waals surface area contributed by atoms with Crippen molar-refractivity contribution in [2.45, 2.75) is 37.3 Å². The first-order valence-corrected chi connectivity index (χ1v) is 12.9. The molecule has 0 fully saturated rings. The van der Waals surface area contributed by atoms with Crippen LogP contribution in [0.25, 0.3) is 11.6 Å². The van der Waals surface area contributed by atoms with Gasteiger partial charge in [-0.25, -0.2) is 4.79 Å². The predicted octanol–water partition coefficient (Wildman–Crippen LogP) is 7.88. The Balaban J connectivity index is 1.96. The minimum atomic E-state index is -0.339. The average Bonchev–Trinajstić information content (AvgIpc) is 2.87. The maximum atomic E-state index is 12.9. The van der Waals surface area contributed by atoms with Gasteiger partial charge in [0.15, 0.2) is 11.5 Å². The fraction of sp³-hybridized carbons (Fsp3) is 0.276. The Kier molecular flexibility index (Phi) is 9.70. The first-order valence-electron chi connectivity index (χ1n) is 11.5. The third-order valence-corrected chi connectivity index (χ3v) is 6.98. The summed E-state index contributed by atoms with van der Waals surface area (Å²) in [6.45, 7) is 6.43. The van der Waals surface area contributed by atoms with Gasteiger partial charge in [0.2, 0.25) is 0 Å². The summed E-state index contributed by atoms with van der Waals surface area (Å²) in [7, 11) is 3.18. The third kappa shape index (κ3) is 6.62. The van der Waals surface area contributed by atoms with Crippen LogP contribution in [-0.4, -0.2) is 26.8 Å². The van der Waals surface area contributed by atoms with Gasteiger partial charge in [-0.1, -0.05) is 74.0 Å². The molecule has 0 amide bonds. The van der Waals surface area contributed by atoms with E-state index in [1.165, 1.54) is 5.56 Å². The molecule has 0 spiro atoms. The Morgan fingerprint density at radius 3 is 2.29 bits per heavy atom. The number of hydrogen-bond donors (Lipinski definition) is 0. The van der Waals surface area contributed by atoms with Gasteiger partial charge in [0.25, 0.3) is 0 Å². The summed E-state index contributed by atoms with van der Waals surface area (Å²) >= 11 is 7.91. The van der Waals surface area contributed by atoms with Crippen molar-refractivity contribution < 1.29 is 19.0 Å². The average molecular weight is 511 g/mol. The number of carbonyl (C=O) groups is 1. The fourth-order valence-electron chi connectivity index (χ4n) is 3.67. The highest BCUT2D eigenvalue weighted by molar-refractivity contribution is 7.98. The van der Waals surface area contributed by atoms with E-state index in [0.29, 0.717) is 40.4 Å². The van der Waals surface area contributed by atoms with Crippen LogP contribution in [-0.2, 0) is 15.3 Å². The molecule has 3 aromatic rings. The molecule has 3 rings (SSSR count). The summed E-state index contributed by atoms with van der Waals surface area (Å²) in [4.78, 5) is 13.9. The van der Waals surface area contributed by atoms with Crippen molar-refractivity contribution in [3.05, 3.63) is 87.9 Å². The second-order valence-electron chi connectivity index (χ2n) is 8.15. The number of methoxy groups -OCH3 is 2. The van der Waals surface area contributed by atoms with Crippen molar-refractivity contribution in [3.63, 3.8) is 0 Å². The summed E-state index contributed by atoms with van der Waals surface area (Å²) in [5.74, 6) is 1.86. The zero-order chi connectivity index (χ0) is 25.4. The van der Waals surface area contributed by atoms with Crippen molar-refractivity contribution in [1.82, 2.24) is 0 Å². The van der Waals surface area contributed by atoms with Crippen molar-refractivity contribution >= 4 is 41.0 Å². The van der Waals surface area contributed by atoms with Crippen LogP contribution in [0.15, 0.2) is 65.6 Å². The molecule has 0 unspecified atom stereocenters. The van der Waals surface area contributed by atoms with Crippen molar-refractivity contribution in [3.8, 4) is 11.5 Å². The van der Waals surface area contributed by atoms with Gasteiger partial charge in [0, 0.05) is 16.2 Å². The molecule has 0 aliphatic carbocycles. The van der Waals surface area contributed by atoms with Crippen LogP contribution in [0.2, 0.25) is 5.02 Å². The summed E-state index contributed by atoms with van der Waals surface area (Å²) in [6.07, 6.45) is 1.91. The van der Waals surface area contributed by atoms with Gasteiger partial charge >= 0.3 is 5.97 Å². The van der Waals surface area contributed by atoms with Gasteiger partial charge in [-0.2, -0.15) is 0 Å². The van der Waals surface area contributed by atoms with Gasteiger partial charge in [0.05, 0.1) is 31.4 Å². The van der Waals surface area contributed by atoms with E-state index >= 15 is 0 Å². The molecule has 0 radical (unpaired) electrons. The van der Waals surface area contributed by atoms with E-state index in [1.54, 1.807) is 26.0 Å². The minimum Gasteiger partial charge on any atom is -0.492 e. The van der Waals surface area contributed by atoms with Gasteiger partial charge in [-0.3, -0.25) is 0 Å². The van der Waals surface area contributed by atoms with E-state index in [-0.39, 0.29) is 5.97 Å². The molecule has 0 aliphatic heterocycles. The maximum absolute atomic E-state index is 12.9. The first kappa shape index (κ1) is 26.7. The lowest BCUT2D eigenvalue weighted by Gasteiger charge is -2.15. The number of halogens is 1. The zero-order valence-electron chi connectivity index (χ0n) is 20.8. The van der Waals surface area contributed by atoms with E-state index in [1.807, 2.05) is 61.5 Å². The number of ether oxygens (including phenoxy) is 3. The molecule has 0 saturated carbocycles. The molecule has 0 heterocycles. The molecule has 4 nitrogen and oxygen atoms in total. The number of thioether (sulfide) groups is 1. The van der Waals surface area contributed by atoms with Crippen LogP contribution < -0.4 is 9.47 Å². The Bertz CT molecular complexity index is 1190. The topological polar surface area (TPSA) is 44.8 Å². The fourth-order valence-corrected chi connectivity index (χ4v) is 4.90. The second-order valence-corrected chi connectivity index (χ2v) is 9.58. The summed E-state index contributed by atoms with van der Waals surface area (Å²) in [5.41, 5.74) is 4.48. The van der Waals surface area contributed by atoms with E-state index in [4.69, 9.17) is 25.8 Å². The molecule has 6 heteroatoms. The van der Waals surface area contributed by atoms with E-state index in [9.17, 15) is 4.79 Å². The van der Waals surface area contributed by atoms with Gasteiger partial charge in [-0.05, 0) is 47.7 Å². The van der Waals surface area contributed by atoms with Crippen LogP contribution in [0.3, 0.4) is 0 Å². The standard InChI is InChI=1S/C29H31ClO4S/c1-6-34-29(31)24(21-13-11-20(12-14-21)19(2)3)17-22-9-7-8-10-26(22)35-18-23-15-16-25(30)28(33-5)27(23)32-4/h7-17,19H,6,18H2,1-5H3. The molecular formula is C29H31ClO4S. The summed E-state index contributed by atoms with van der Waals surface area (Å²) < 4.78 is 16.4. The van der Waals surface area contributed by atoms with Crippen LogP contribution in [0.4, 0.5) is 0 Å². The molecule has 0 atom stereocenters. The largest absolute Gasteiger partial charge is 0.492 e. The normalized spacial score (nSPS) is 11.5. The highest BCUT2D eigenvalue weighted by atomic mass is 35.5. The highest BCUT2D eigenvalue weighted by Crippen LogP contribution is 2.40. The predicted molar refractivity (Wildman–Crippen MR) is 146 cm³/mol. The SMILES string of the molecule is CCOC(=O)C(=Cc1ccccc1SCc1ccc(Cl)c(OC)c1OC)c1ccc(C(C)C)cc1. The third-order valence-electron chi connectivity index (χ3n) is 5.54. The monoisotopic (exact) mass is 510 g/mol. The molecule has 0 saturated heterocycles. The maximum Gasteiger partial charge on any atom is 0.338 e. The molecular weight excluding hydrogens is 480 g/mol. The number of carbonyl (C=O) groups excluding carboxylic acids is 1. The van der Waals surface area contributed by atoms with E-state index in [0.717, 1.165) is 21.6 Å². The van der Waals surface area contributed by atoms with E-state index < -0.39 is 0 Å². The molecule has 0 bridgehead atoms. The van der Waals surface area contributed by atoms with E-state index in [2.05, 4.69) is 26.0 Å². The Morgan fingerprint density at radius 1 is 0.971 bits per heavy atom. The molecule has 35 heavy (non-hydrogen) atoms. The van der Waals surface area contributed by atoms with Gasteiger partial charge in [0.1, 0.15) is 0 Å². The van der Waals surface area contributed by atoms with Gasteiger partial charge < -0.3 is 14.2 Å². The molecule has 184 valence electrons. The lowest BCUT2D eigenvalue weighted by Crippen LogP contribution is -2.07. The Hall–Kier alpha value is -2.89. The molecule has 0 aromatic heterocycles. The zero-order valence-corrected chi connectivity index (χ0v) is 22.3. The first-order chi connectivity index (χ1) is 16.9. The van der Waals surface area contributed by atoms with Crippen LogP contribution in [0, 0.1) is 0 Å². The molecule has 3 aromatic carbocycles. The smallest absolute Gasteiger partial charge is 0.338 e. The molecule has 0 N–H and O–H groups in total. The number of hydrogen-bond acceptors (Lipinski definition) is 5. The highest BCUT2D eigenvalue weighted by Gasteiger charge is 2.17. The second kappa shape index (κ2) is 12.7. The lowest BCUT2D eigenvalue weighted by molar-refractivity contribution is -0.136. The van der Waals surface area contributed by atoms with Crippen molar-refractivity contribution in [2.75, 3.05) is 20.8 Å². The minimum absolute atomic E-state index is 0.314. The Morgan fingerprint density at radius 2 is 1.66 bits per heavy atom. The quantitative estimate of drug-likeness (QED) is 0.120. The van der Waals surface area contributed by atoms with Crippen LogP contribution in [0.1, 0.15) is 48.9 Å². The number of benzene rings is 3. The van der Waals surface area contributed by atoms with Crippen molar-refractivity contribution in [1.29, 1.82) is 0 Å². The summed E-state index contributed by atoms with van der Waals surface area (Å²) in [6, 6.07) is 19.8. The summed E-state index contributed by atoms with van der Waals surface area (Å²) in [5, 5.41) is 0.504.